The van der Waals surface area contributed by atoms with Crippen molar-refractivity contribution in [3.8, 4) is 0 Å². The molecule has 1 heteroatoms. The molecule has 92 valence electrons. The highest BCUT2D eigenvalue weighted by atomic mass is 16.1. The number of carbonyl (C=O) groups excluding carboxylic acids is 1. The standard InChI is InChI=1S/C18H14O/c19-14-7-10-16-13(11-14)6-9-17-15-4-2-1-3-12(15)5-8-18(16)17/h1-6,9,11H,7-8,10H2. The lowest BCUT2D eigenvalue weighted by molar-refractivity contribution is -0.113. The van der Waals surface area contributed by atoms with Crippen molar-refractivity contribution >= 4 is 17.9 Å². The van der Waals surface area contributed by atoms with Crippen molar-refractivity contribution in [2.75, 3.05) is 0 Å². The third-order valence-electron chi connectivity index (χ3n) is 4.18. The van der Waals surface area contributed by atoms with E-state index in [4.69, 9.17) is 0 Å². The molecule has 0 spiro atoms. The van der Waals surface area contributed by atoms with Crippen molar-refractivity contribution in [3.63, 3.8) is 0 Å². The minimum Gasteiger partial charge on any atom is -0.295 e. The monoisotopic (exact) mass is 246 g/mol. The first kappa shape index (κ1) is 10.7. The summed E-state index contributed by atoms with van der Waals surface area (Å²) in [7, 11) is 0. The zero-order valence-electron chi connectivity index (χ0n) is 10.6. The van der Waals surface area contributed by atoms with E-state index in [1.54, 1.807) is 6.08 Å². The Hall–Kier alpha value is -2.15. The molecule has 0 saturated heterocycles. The lowest BCUT2D eigenvalue weighted by atomic mass is 9.88. The van der Waals surface area contributed by atoms with Crippen LogP contribution in [0.25, 0.3) is 12.2 Å². The molecule has 0 saturated carbocycles. The molecule has 0 fully saturated rings. The maximum atomic E-state index is 11.5. The molecular weight excluding hydrogens is 232 g/mol. The average Bonchev–Trinajstić information content (AvgIpc) is 2.46. The van der Waals surface area contributed by atoms with E-state index in [1.165, 1.54) is 26.8 Å². The maximum Gasteiger partial charge on any atom is 0.156 e. The Labute approximate surface area is 111 Å². The Morgan fingerprint density at radius 1 is 0.789 bits per heavy atom. The molecule has 0 aromatic heterocycles. The highest BCUT2D eigenvalue weighted by Crippen LogP contribution is 2.16. The molecule has 0 atom stereocenters. The number of benzene rings is 2. The van der Waals surface area contributed by atoms with Crippen LogP contribution in [0.5, 0.6) is 0 Å². The topological polar surface area (TPSA) is 17.1 Å². The largest absolute Gasteiger partial charge is 0.295 e. The number of hydrogen-bond acceptors (Lipinski definition) is 1. The number of fused-ring (bicyclic) bond motifs is 4. The number of hydrogen-bond donors (Lipinski definition) is 0. The zero-order valence-corrected chi connectivity index (χ0v) is 10.6. The predicted molar refractivity (Wildman–Crippen MR) is 75.8 cm³/mol. The number of Topliss-reactive ketones (excluding diaryl/α,β-unsaturated/α-hetero) is 1. The van der Waals surface area contributed by atoms with Gasteiger partial charge in [-0.15, -0.1) is 0 Å². The van der Waals surface area contributed by atoms with Gasteiger partial charge in [0.15, 0.2) is 5.78 Å². The van der Waals surface area contributed by atoms with Gasteiger partial charge in [-0.05, 0) is 50.9 Å². The molecule has 0 N–H and O–H groups in total. The van der Waals surface area contributed by atoms with Gasteiger partial charge in [-0.1, -0.05) is 42.5 Å². The second-order valence-electron chi connectivity index (χ2n) is 5.27. The summed E-state index contributed by atoms with van der Waals surface area (Å²) in [6, 6.07) is 12.8. The highest BCUT2D eigenvalue weighted by molar-refractivity contribution is 6.07. The van der Waals surface area contributed by atoms with Crippen LogP contribution in [0.2, 0.25) is 0 Å². The van der Waals surface area contributed by atoms with Crippen LogP contribution in [-0.4, -0.2) is 5.78 Å². The van der Waals surface area contributed by atoms with Gasteiger partial charge in [0.2, 0.25) is 0 Å². The lowest BCUT2D eigenvalue weighted by Gasteiger charge is -2.15. The average molecular weight is 246 g/mol. The Kier molecular flexibility index (Phi) is 2.22. The fraction of sp³-hybridized carbons (Fsp3) is 0.167. The molecule has 2 aliphatic rings. The van der Waals surface area contributed by atoms with Crippen LogP contribution in [0.15, 0.2) is 36.4 Å². The third-order valence-corrected chi connectivity index (χ3v) is 4.18. The van der Waals surface area contributed by atoms with Gasteiger partial charge in [0, 0.05) is 6.42 Å². The Morgan fingerprint density at radius 2 is 1.68 bits per heavy atom. The fourth-order valence-electron chi connectivity index (χ4n) is 3.25. The molecular formula is C18H14O. The molecule has 0 bridgehead atoms. The molecule has 4 rings (SSSR count). The molecule has 2 aliphatic carbocycles. The smallest absolute Gasteiger partial charge is 0.156 e. The number of ketones is 1. The van der Waals surface area contributed by atoms with E-state index in [9.17, 15) is 4.79 Å². The van der Waals surface area contributed by atoms with Crippen molar-refractivity contribution in [2.45, 2.75) is 19.3 Å². The lowest BCUT2D eigenvalue weighted by Crippen LogP contribution is -2.22. The summed E-state index contributed by atoms with van der Waals surface area (Å²) in [4.78, 5) is 11.5. The van der Waals surface area contributed by atoms with Gasteiger partial charge in [-0.3, -0.25) is 4.79 Å². The van der Waals surface area contributed by atoms with E-state index < -0.39 is 0 Å². The molecule has 2 aromatic carbocycles. The van der Waals surface area contributed by atoms with Crippen LogP contribution < -0.4 is 10.4 Å². The normalized spacial score (nSPS) is 15.7. The first-order valence-electron chi connectivity index (χ1n) is 6.78. The van der Waals surface area contributed by atoms with E-state index in [2.05, 4.69) is 42.5 Å². The van der Waals surface area contributed by atoms with Gasteiger partial charge in [0.25, 0.3) is 0 Å². The summed E-state index contributed by atoms with van der Waals surface area (Å²) in [5, 5.41) is 5.12. The van der Waals surface area contributed by atoms with Crippen LogP contribution in [-0.2, 0) is 17.6 Å². The quantitative estimate of drug-likeness (QED) is 0.690. The van der Waals surface area contributed by atoms with Crippen molar-refractivity contribution in [1.82, 2.24) is 0 Å². The molecule has 19 heavy (non-hydrogen) atoms. The first-order chi connectivity index (χ1) is 9.33. The molecule has 0 heterocycles. The van der Waals surface area contributed by atoms with Gasteiger partial charge < -0.3 is 0 Å². The van der Waals surface area contributed by atoms with Crippen LogP contribution >= 0.6 is 0 Å². The Morgan fingerprint density at radius 3 is 2.63 bits per heavy atom. The maximum absolute atomic E-state index is 11.5. The van der Waals surface area contributed by atoms with Gasteiger partial charge in [0.05, 0.1) is 0 Å². The van der Waals surface area contributed by atoms with Crippen molar-refractivity contribution in [3.05, 3.63) is 68.4 Å². The molecule has 0 unspecified atom stereocenters. The van der Waals surface area contributed by atoms with Crippen LogP contribution in [0.1, 0.15) is 17.5 Å². The molecule has 0 aliphatic heterocycles. The number of carbonyl (C=O) groups is 1. The minimum atomic E-state index is 0.257. The van der Waals surface area contributed by atoms with Gasteiger partial charge in [0.1, 0.15) is 0 Å². The second kappa shape index (κ2) is 3.92. The zero-order chi connectivity index (χ0) is 12.8. The summed E-state index contributed by atoms with van der Waals surface area (Å²) >= 11 is 0. The van der Waals surface area contributed by atoms with Crippen LogP contribution in [0.4, 0.5) is 0 Å². The van der Waals surface area contributed by atoms with E-state index in [0.717, 1.165) is 18.1 Å². The van der Waals surface area contributed by atoms with E-state index in [0.29, 0.717) is 6.42 Å². The predicted octanol–water partition coefficient (Wildman–Crippen LogP) is 1.61. The minimum absolute atomic E-state index is 0.257. The van der Waals surface area contributed by atoms with Gasteiger partial charge in [-0.25, -0.2) is 0 Å². The molecule has 1 nitrogen and oxygen atoms in total. The molecule has 0 amide bonds. The highest BCUT2D eigenvalue weighted by Gasteiger charge is 2.14. The summed E-state index contributed by atoms with van der Waals surface area (Å²) in [5.41, 5.74) is 2.79. The fourth-order valence-corrected chi connectivity index (χ4v) is 3.25. The first-order valence-corrected chi connectivity index (χ1v) is 6.78. The van der Waals surface area contributed by atoms with Crippen molar-refractivity contribution in [1.29, 1.82) is 0 Å². The third kappa shape index (κ3) is 1.58. The van der Waals surface area contributed by atoms with Crippen molar-refractivity contribution in [2.24, 2.45) is 0 Å². The summed E-state index contributed by atoms with van der Waals surface area (Å²) < 4.78 is 0. The van der Waals surface area contributed by atoms with Crippen molar-refractivity contribution < 1.29 is 4.79 Å². The SMILES string of the molecule is O=C1C=c2ccc3c(c2CC1)CC=c1ccccc1=3. The number of rotatable bonds is 0. The Balaban J connectivity index is 2.22. The molecule has 0 radical (unpaired) electrons. The van der Waals surface area contributed by atoms with E-state index >= 15 is 0 Å². The van der Waals surface area contributed by atoms with Gasteiger partial charge in [-0.2, -0.15) is 0 Å². The summed E-state index contributed by atoms with van der Waals surface area (Å²) in [5.74, 6) is 0.257. The Bertz CT molecular complexity index is 904. The van der Waals surface area contributed by atoms with Crippen LogP contribution in [0, 0.1) is 10.4 Å². The summed E-state index contributed by atoms with van der Waals surface area (Å²) in [6.45, 7) is 0. The van der Waals surface area contributed by atoms with E-state index in [-0.39, 0.29) is 5.78 Å². The summed E-state index contributed by atoms with van der Waals surface area (Å²) in [6.07, 6.45) is 6.64. The second-order valence-corrected chi connectivity index (χ2v) is 5.27. The van der Waals surface area contributed by atoms with Gasteiger partial charge >= 0.3 is 0 Å². The van der Waals surface area contributed by atoms with E-state index in [1.807, 2.05) is 0 Å². The van der Waals surface area contributed by atoms with Crippen LogP contribution in [0.3, 0.4) is 0 Å². The molecule has 2 aromatic rings.